The van der Waals surface area contributed by atoms with Crippen LogP contribution in [0.15, 0.2) is 35.3 Å². The second kappa shape index (κ2) is 9.68. The number of nitrogens with two attached hydrogens (primary N) is 1. The molecule has 0 saturated heterocycles. The van der Waals surface area contributed by atoms with Gasteiger partial charge in [-0.15, -0.1) is 0 Å². The van der Waals surface area contributed by atoms with Gasteiger partial charge in [0.05, 0.1) is 12.8 Å². The average Bonchev–Trinajstić information content (AvgIpc) is 2.62. The van der Waals surface area contributed by atoms with Crippen molar-refractivity contribution in [1.82, 2.24) is 14.9 Å². The highest BCUT2D eigenvalue weighted by atomic mass is 16.5. The summed E-state index contributed by atoms with van der Waals surface area (Å²) < 4.78 is 5.81. The molecule has 0 saturated carbocycles. The van der Waals surface area contributed by atoms with Crippen LogP contribution in [0.2, 0.25) is 0 Å². The number of hydrogen-bond acceptors (Lipinski definition) is 6. The predicted molar refractivity (Wildman–Crippen MR) is 101 cm³/mol. The molecule has 0 aliphatic carbocycles. The summed E-state index contributed by atoms with van der Waals surface area (Å²) in [6, 6.07) is 8.20. The molecular weight excluding hydrogens is 318 g/mol. The summed E-state index contributed by atoms with van der Waals surface area (Å²) >= 11 is 0. The highest BCUT2D eigenvalue weighted by molar-refractivity contribution is 5.35. The Morgan fingerprint density at radius 1 is 1.32 bits per heavy atom. The summed E-state index contributed by atoms with van der Waals surface area (Å²) in [6.45, 7) is 8.57. The molecule has 0 spiro atoms. The molecule has 1 aromatic carbocycles. The van der Waals surface area contributed by atoms with Crippen LogP contribution in [0.4, 0.5) is 11.6 Å². The van der Waals surface area contributed by atoms with E-state index < -0.39 is 0 Å². The fourth-order valence-electron chi connectivity index (χ4n) is 2.40. The molecule has 0 aliphatic heterocycles. The fraction of sp³-hybridized carbons (Fsp3) is 0.444. The number of aromatic amines is 1. The maximum atomic E-state index is 11.4. The number of anilines is 2. The van der Waals surface area contributed by atoms with Gasteiger partial charge in [-0.2, -0.15) is 0 Å². The van der Waals surface area contributed by atoms with Gasteiger partial charge < -0.3 is 15.8 Å². The predicted octanol–water partition coefficient (Wildman–Crippen LogP) is 2.07. The first-order valence-corrected chi connectivity index (χ1v) is 8.65. The lowest BCUT2D eigenvalue weighted by Gasteiger charge is -2.18. The molecule has 0 atom stereocenters. The molecule has 136 valence electrons. The second-order valence-electron chi connectivity index (χ2n) is 5.75. The number of H-pyrrole nitrogens is 1. The minimum Gasteiger partial charge on any atom is -0.494 e. The number of hydrogen-bond donors (Lipinski definition) is 3. The van der Waals surface area contributed by atoms with E-state index in [1.807, 2.05) is 12.1 Å². The molecule has 2 aromatic rings. The van der Waals surface area contributed by atoms with Crippen molar-refractivity contribution in [2.24, 2.45) is 0 Å². The van der Waals surface area contributed by atoms with Gasteiger partial charge in [0.2, 0.25) is 5.95 Å². The smallest absolute Gasteiger partial charge is 0.275 e. The SMILES string of the molecule is CCN(CC)Cc1cccc(OCCCNc2ncc(N)c(=O)[nH]2)c1. The van der Waals surface area contributed by atoms with E-state index in [0.717, 1.165) is 31.8 Å². The number of nitrogen functional groups attached to an aromatic ring is 1. The van der Waals surface area contributed by atoms with E-state index in [0.29, 0.717) is 19.1 Å². The maximum absolute atomic E-state index is 11.4. The van der Waals surface area contributed by atoms with Crippen molar-refractivity contribution >= 4 is 11.6 Å². The zero-order chi connectivity index (χ0) is 18.1. The van der Waals surface area contributed by atoms with E-state index in [1.54, 1.807) is 0 Å². The van der Waals surface area contributed by atoms with Gasteiger partial charge in [-0.1, -0.05) is 26.0 Å². The van der Waals surface area contributed by atoms with E-state index in [1.165, 1.54) is 11.8 Å². The van der Waals surface area contributed by atoms with Crippen LogP contribution >= 0.6 is 0 Å². The molecule has 1 aromatic heterocycles. The summed E-state index contributed by atoms with van der Waals surface area (Å²) in [7, 11) is 0. The zero-order valence-corrected chi connectivity index (χ0v) is 14.9. The Morgan fingerprint density at radius 2 is 2.12 bits per heavy atom. The largest absolute Gasteiger partial charge is 0.494 e. The quantitative estimate of drug-likeness (QED) is 0.571. The van der Waals surface area contributed by atoms with Crippen molar-refractivity contribution in [2.45, 2.75) is 26.8 Å². The third-order valence-electron chi connectivity index (χ3n) is 3.91. The lowest BCUT2D eigenvalue weighted by atomic mass is 10.2. The summed E-state index contributed by atoms with van der Waals surface area (Å²) in [6.07, 6.45) is 2.13. The van der Waals surface area contributed by atoms with Crippen molar-refractivity contribution < 1.29 is 4.74 Å². The summed E-state index contributed by atoms with van der Waals surface area (Å²) in [5.74, 6) is 1.30. The van der Waals surface area contributed by atoms with E-state index >= 15 is 0 Å². The minimum absolute atomic E-state index is 0.110. The number of rotatable bonds is 10. The Morgan fingerprint density at radius 3 is 2.84 bits per heavy atom. The van der Waals surface area contributed by atoms with E-state index in [2.05, 4.69) is 46.2 Å². The van der Waals surface area contributed by atoms with Crippen LogP contribution in [0.5, 0.6) is 5.75 Å². The Kier molecular flexibility index (Phi) is 7.28. The minimum atomic E-state index is -0.334. The van der Waals surface area contributed by atoms with Crippen molar-refractivity contribution in [2.75, 3.05) is 37.3 Å². The van der Waals surface area contributed by atoms with Gasteiger partial charge in [-0.05, 0) is 37.2 Å². The number of ether oxygens (including phenoxy) is 1. The van der Waals surface area contributed by atoms with Gasteiger partial charge in [-0.25, -0.2) is 4.98 Å². The molecule has 7 nitrogen and oxygen atoms in total. The molecule has 0 fully saturated rings. The standard InChI is InChI=1S/C18H27N5O2/c1-3-23(4-2)13-14-7-5-8-15(11-14)25-10-6-9-20-18-21-12-16(19)17(24)22-18/h5,7-8,11-12H,3-4,6,9-10,13,19H2,1-2H3,(H2,20,21,22,24). The maximum Gasteiger partial charge on any atom is 0.275 e. The van der Waals surface area contributed by atoms with Gasteiger partial charge in [0.15, 0.2) is 0 Å². The van der Waals surface area contributed by atoms with Gasteiger partial charge in [-0.3, -0.25) is 14.7 Å². The number of benzene rings is 1. The first-order chi connectivity index (χ1) is 12.1. The Balaban J connectivity index is 1.74. The Labute approximate surface area is 148 Å². The highest BCUT2D eigenvalue weighted by Gasteiger charge is 2.03. The van der Waals surface area contributed by atoms with Crippen molar-refractivity contribution in [3.8, 4) is 5.75 Å². The van der Waals surface area contributed by atoms with Crippen molar-refractivity contribution in [3.63, 3.8) is 0 Å². The zero-order valence-electron chi connectivity index (χ0n) is 14.9. The molecule has 1 heterocycles. The van der Waals surface area contributed by atoms with Crippen LogP contribution in [-0.2, 0) is 6.54 Å². The third-order valence-corrected chi connectivity index (χ3v) is 3.91. The molecule has 0 radical (unpaired) electrons. The monoisotopic (exact) mass is 345 g/mol. The summed E-state index contributed by atoms with van der Waals surface area (Å²) in [5, 5.41) is 3.04. The van der Waals surface area contributed by atoms with Crippen LogP contribution in [0, 0.1) is 0 Å². The Bertz CT molecular complexity index is 713. The number of nitrogens with zero attached hydrogens (tertiary/aromatic N) is 2. The van der Waals surface area contributed by atoms with E-state index in [4.69, 9.17) is 10.5 Å². The molecule has 4 N–H and O–H groups in total. The van der Waals surface area contributed by atoms with E-state index in [-0.39, 0.29) is 11.2 Å². The number of nitrogens with one attached hydrogen (secondary N) is 2. The molecular formula is C18H27N5O2. The second-order valence-corrected chi connectivity index (χ2v) is 5.75. The fourth-order valence-corrected chi connectivity index (χ4v) is 2.40. The van der Waals surface area contributed by atoms with Crippen LogP contribution in [0.1, 0.15) is 25.8 Å². The van der Waals surface area contributed by atoms with Crippen molar-refractivity contribution in [3.05, 3.63) is 46.4 Å². The van der Waals surface area contributed by atoms with E-state index in [9.17, 15) is 4.79 Å². The molecule has 7 heteroatoms. The lowest BCUT2D eigenvalue weighted by molar-refractivity contribution is 0.292. The molecule has 2 rings (SSSR count). The highest BCUT2D eigenvalue weighted by Crippen LogP contribution is 2.15. The molecule has 0 bridgehead atoms. The topological polar surface area (TPSA) is 96.3 Å². The molecule has 0 aliphatic rings. The van der Waals surface area contributed by atoms with Crippen LogP contribution < -0.4 is 21.3 Å². The molecule has 0 amide bonds. The van der Waals surface area contributed by atoms with Crippen LogP contribution in [-0.4, -0.2) is 41.1 Å². The number of aromatic nitrogens is 2. The summed E-state index contributed by atoms with van der Waals surface area (Å²) in [5.41, 5.74) is 6.46. The van der Waals surface area contributed by atoms with Crippen molar-refractivity contribution in [1.29, 1.82) is 0 Å². The molecule has 0 unspecified atom stereocenters. The Hall–Kier alpha value is -2.54. The average molecular weight is 345 g/mol. The first-order valence-electron chi connectivity index (χ1n) is 8.65. The van der Waals surface area contributed by atoms with Crippen LogP contribution in [0.3, 0.4) is 0 Å². The van der Waals surface area contributed by atoms with Gasteiger partial charge in [0.1, 0.15) is 11.4 Å². The lowest BCUT2D eigenvalue weighted by Crippen LogP contribution is -2.22. The van der Waals surface area contributed by atoms with Gasteiger partial charge >= 0.3 is 0 Å². The normalized spacial score (nSPS) is 10.8. The third kappa shape index (κ3) is 6.11. The van der Waals surface area contributed by atoms with Gasteiger partial charge in [0.25, 0.3) is 5.56 Å². The first kappa shape index (κ1) is 18.8. The van der Waals surface area contributed by atoms with Gasteiger partial charge in [0, 0.05) is 13.1 Å². The molecule has 25 heavy (non-hydrogen) atoms. The summed E-state index contributed by atoms with van der Waals surface area (Å²) in [4.78, 5) is 20.3. The van der Waals surface area contributed by atoms with Crippen LogP contribution in [0.25, 0.3) is 0 Å².